The van der Waals surface area contributed by atoms with Crippen molar-refractivity contribution in [3.05, 3.63) is 53.1 Å². The highest BCUT2D eigenvalue weighted by molar-refractivity contribution is 6.33. The maximum absolute atomic E-state index is 9.00. The van der Waals surface area contributed by atoms with Crippen molar-refractivity contribution >= 4 is 45.9 Å². The van der Waals surface area contributed by atoms with E-state index >= 15 is 0 Å². The zero-order chi connectivity index (χ0) is 18.4. The van der Waals surface area contributed by atoms with Gasteiger partial charge >= 0.3 is 0 Å². The minimum absolute atomic E-state index is 0. The Kier molecular flexibility index (Phi) is 7.57. The van der Waals surface area contributed by atoms with Gasteiger partial charge in [-0.3, -0.25) is 4.79 Å². The minimum atomic E-state index is -0.833. The Morgan fingerprint density at radius 2 is 1.85 bits per heavy atom. The number of benzene rings is 2. The van der Waals surface area contributed by atoms with E-state index in [2.05, 4.69) is 15.3 Å². The molecule has 0 aliphatic rings. The van der Waals surface area contributed by atoms with Crippen LogP contribution in [0.3, 0.4) is 0 Å². The molecule has 0 aliphatic carbocycles. The van der Waals surface area contributed by atoms with E-state index in [4.69, 9.17) is 33.0 Å². The number of anilines is 3. The molecule has 0 amide bonds. The molecule has 138 valence electrons. The number of aliphatic carboxylic acids is 1. The van der Waals surface area contributed by atoms with Gasteiger partial charge in [0.1, 0.15) is 5.82 Å². The van der Waals surface area contributed by atoms with Gasteiger partial charge in [0.05, 0.1) is 16.2 Å². The second-order valence-electron chi connectivity index (χ2n) is 5.17. The summed E-state index contributed by atoms with van der Waals surface area (Å²) in [5.74, 6) is -0.265. The number of rotatable bonds is 3. The van der Waals surface area contributed by atoms with Crippen LogP contribution in [0.2, 0.25) is 5.02 Å². The van der Waals surface area contributed by atoms with Crippen LogP contribution >= 0.6 is 11.6 Å². The second kappa shape index (κ2) is 9.40. The van der Waals surface area contributed by atoms with Crippen LogP contribution in [0.4, 0.5) is 17.5 Å². The molecule has 0 fully saturated rings. The molecule has 9 heteroatoms. The third-order valence-corrected chi connectivity index (χ3v) is 3.49. The van der Waals surface area contributed by atoms with E-state index in [-0.39, 0.29) is 11.4 Å². The van der Waals surface area contributed by atoms with Gasteiger partial charge in [0.2, 0.25) is 5.95 Å². The van der Waals surface area contributed by atoms with Gasteiger partial charge in [-0.2, -0.15) is 4.98 Å². The Hall–Kier alpha value is -3.10. The molecule has 0 atom stereocenters. The number of halogens is 1. The Bertz CT molecular complexity index is 901. The minimum Gasteiger partial charge on any atom is -0.481 e. The Morgan fingerprint density at radius 3 is 2.50 bits per heavy atom. The number of fused-ring (bicyclic) bond motifs is 1. The van der Waals surface area contributed by atoms with Crippen molar-refractivity contribution in [1.29, 1.82) is 0 Å². The van der Waals surface area contributed by atoms with Crippen LogP contribution < -0.4 is 16.8 Å². The largest absolute Gasteiger partial charge is 0.481 e. The number of aromatic nitrogens is 2. The average Bonchev–Trinajstić information content (AvgIpc) is 2.54. The predicted molar refractivity (Wildman–Crippen MR) is 104 cm³/mol. The van der Waals surface area contributed by atoms with Gasteiger partial charge in [0.25, 0.3) is 5.97 Å². The van der Waals surface area contributed by atoms with E-state index in [9.17, 15) is 0 Å². The summed E-state index contributed by atoms with van der Waals surface area (Å²) in [7, 11) is 0. The first kappa shape index (κ1) is 20.9. The first-order chi connectivity index (χ1) is 11.9. The molecule has 0 aliphatic heterocycles. The molecule has 0 spiro atoms. The Balaban J connectivity index is 0.000000616. The summed E-state index contributed by atoms with van der Waals surface area (Å²) in [6.45, 7) is 1.71. The number of hydrogen-bond acceptors (Lipinski definition) is 6. The van der Waals surface area contributed by atoms with Crippen molar-refractivity contribution in [2.75, 3.05) is 16.8 Å². The number of nitrogens with one attached hydrogen (secondary N) is 1. The summed E-state index contributed by atoms with van der Waals surface area (Å²) in [6.07, 6.45) is 0. The van der Waals surface area contributed by atoms with Crippen molar-refractivity contribution in [2.24, 2.45) is 0 Å². The Labute approximate surface area is 155 Å². The van der Waals surface area contributed by atoms with Gasteiger partial charge in [-0.25, -0.2) is 4.98 Å². The summed E-state index contributed by atoms with van der Waals surface area (Å²) >= 11 is 6.11. The van der Waals surface area contributed by atoms with Crippen molar-refractivity contribution < 1.29 is 15.4 Å². The number of carbonyl (C=O) groups is 1. The van der Waals surface area contributed by atoms with E-state index < -0.39 is 5.97 Å². The maximum Gasteiger partial charge on any atom is 0.300 e. The number of nitrogens with two attached hydrogens (primary N) is 2. The lowest BCUT2D eigenvalue weighted by molar-refractivity contribution is -0.134. The van der Waals surface area contributed by atoms with Crippen LogP contribution in [-0.2, 0) is 11.3 Å². The van der Waals surface area contributed by atoms with Crippen LogP contribution in [0.15, 0.2) is 42.5 Å². The van der Waals surface area contributed by atoms with Gasteiger partial charge in [0.15, 0.2) is 0 Å². The molecule has 26 heavy (non-hydrogen) atoms. The SMILES string of the molecule is CC(=O)O.Nc1nc(N)c2cc(CNc3ccccc3Cl)ccc2n1.O. The lowest BCUT2D eigenvalue weighted by Gasteiger charge is -2.09. The van der Waals surface area contributed by atoms with Gasteiger partial charge in [-0.1, -0.05) is 29.8 Å². The molecule has 1 aromatic heterocycles. The summed E-state index contributed by atoms with van der Waals surface area (Å²) in [6, 6.07) is 13.4. The third-order valence-electron chi connectivity index (χ3n) is 3.16. The highest BCUT2D eigenvalue weighted by Crippen LogP contribution is 2.23. The predicted octanol–water partition coefficient (Wildman–Crippen LogP) is 2.33. The maximum atomic E-state index is 9.00. The Morgan fingerprint density at radius 1 is 1.19 bits per heavy atom. The summed E-state index contributed by atoms with van der Waals surface area (Å²) < 4.78 is 0. The molecule has 8 nitrogen and oxygen atoms in total. The van der Waals surface area contributed by atoms with Gasteiger partial charge < -0.3 is 27.4 Å². The van der Waals surface area contributed by atoms with Crippen LogP contribution in [0, 0.1) is 0 Å². The van der Waals surface area contributed by atoms with Crippen molar-refractivity contribution in [3.8, 4) is 0 Å². The fraction of sp³-hybridized carbons (Fsp3) is 0.118. The van der Waals surface area contributed by atoms with Crippen molar-refractivity contribution in [1.82, 2.24) is 9.97 Å². The summed E-state index contributed by atoms with van der Waals surface area (Å²) in [4.78, 5) is 17.1. The van der Waals surface area contributed by atoms with E-state index in [0.717, 1.165) is 29.1 Å². The smallest absolute Gasteiger partial charge is 0.300 e. The van der Waals surface area contributed by atoms with E-state index in [1.54, 1.807) is 0 Å². The normalized spacial score (nSPS) is 9.62. The van der Waals surface area contributed by atoms with E-state index in [1.165, 1.54) is 0 Å². The molecule has 0 saturated carbocycles. The highest BCUT2D eigenvalue weighted by atomic mass is 35.5. The zero-order valence-electron chi connectivity index (χ0n) is 14.0. The lowest BCUT2D eigenvalue weighted by Crippen LogP contribution is -2.03. The monoisotopic (exact) mass is 377 g/mol. The molecule has 3 aromatic rings. The summed E-state index contributed by atoms with van der Waals surface area (Å²) in [5, 5.41) is 12.2. The van der Waals surface area contributed by atoms with Gasteiger partial charge in [-0.15, -0.1) is 0 Å². The van der Waals surface area contributed by atoms with Crippen molar-refractivity contribution in [3.63, 3.8) is 0 Å². The quantitative estimate of drug-likeness (QED) is 0.544. The molecule has 2 aromatic carbocycles. The molecule has 8 N–H and O–H groups in total. The number of carboxylic acids is 1. The first-order valence-corrected chi connectivity index (χ1v) is 7.74. The molecular weight excluding hydrogens is 358 g/mol. The molecular formula is C17H20ClN5O3. The van der Waals surface area contributed by atoms with Crippen LogP contribution in [-0.4, -0.2) is 26.5 Å². The van der Waals surface area contributed by atoms with Gasteiger partial charge in [-0.05, 0) is 29.8 Å². The number of carboxylic acid groups (broad SMARTS) is 1. The number of para-hydroxylation sites is 1. The molecule has 0 bridgehead atoms. The van der Waals surface area contributed by atoms with Crippen LogP contribution in [0.25, 0.3) is 10.9 Å². The standard InChI is InChI=1S/C15H14ClN5.C2H4O2.H2O/c16-11-3-1-2-4-13(11)19-8-9-5-6-12-10(7-9)14(17)21-15(18)20-12;1-2(3)4;/h1-7,19H,8H2,(H4,17,18,20,21);1H3,(H,3,4);1H2. The van der Waals surface area contributed by atoms with Crippen molar-refractivity contribution in [2.45, 2.75) is 13.5 Å². The fourth-order valence-electron chi connectivity index (χ4n) is 2.13. The molecule has 0 radical (unpaired) electrons. The molecule has 3 rings (SSSR count). The lowest BCUT2D eigenvalue weighted by atomic mass is 10.1. The number of nitrogens with zero attached hydrogens (tertiary/aromatic N) is 2. The number of hydrogen-bond donors (Lipinski definition) is 4. The van der Waals surface area contributed by atoms with Gasteiger partial charge in [0, 0.05) is 18.9 Å². The topological polar surface area (TPSA) is 159 Å². The second-order valence-corrected chi connectivity index (χ2v) is 5.58. The first-order valence-electron chi connectivity index (χ1n) is 7.36. The highest BCUT2D eigenvalue weighted by Gasteiger charge is 2.05. The summed E-state index contributed by atoms with van der Waals surface area (Å²) in [5.41, 5.74) is 14.2. The van der Waals surface area contributed by atoms with E-state index in [1.807, 2.05) is 42.5 Å². The number of nitrogen functional groups attached to an aromatic ring is 2. The van der Waals surface area contributed by atoms with Crippen LogP contribution in [0.5, 0.6) is 0 Å². The average molecular weight is 378 g/mol. The van der Waals surface area contributed by atoms with E-state index in [0.29, 0.717) is 17.4 Å². The zero-order valence-corrected chi connectivity index (χ0v) is 14.8. The fourth-order valence-corrected chi connectivity index (χ4v) is 2.33. The molecule has 0 unspecified atom stereocenters. The van der Waals surface area contributed by atoms with Crippen LogP contribution in [0.1, 0.15) is 12.5 Å². The molecule has 1 heterocycles. The molecule has 0 saturated heterocycles. The third kappa shape index (κ3) is 5.76.